The molecule has 1 aromatic carbocycles. The van der Waals surface area contributed by atoms with Crippen LogP contribution >= 0.6 is 0 Å². The third kappa shape index (κ3) is 3.83. The molecule has 1 unspecified atom stereocenters. The minimum atomic E-state index is -7.14. The first-order chi connectivity index (χ1) is 12.0. The molecule has 0 bridgehead atoms. The smallest absolute Gasteiger partial charge is 0.436 e. The summed E-state index contributed by atoms with van der Waals surface area (Å²) in [6, 6.07) is -3.76. The summed E-state index contributed by atoms with van der Waals surface area (Å²) in [4.78, 5) is 0. The summed E-state index contributed by atoms with van der Waals surface area (Å²) in [6.45, 7) is 0. The second-order valence-electron chi connectivity index (χ2n) is 4.25. The summed E-state index contributed by atoms with van der Waals surface area (Å²) in [6.07, 6.45) is -17.8. The Morgan fingerprint density at radius 3 is 1.33 bits per heavy atom. The van der Waals surface area contributed by atoms with E-state index in [4.69, 9.17) is 0 Å². The van der Waals surface area contributed by atoms with Crippen LogP contribution in [0.2, 0.25) is 0 Å². The first kappa shape index (κ1) is 22.6. The fourth-order valence-electron chi connectivity index (χ4n) is 1.31. The molecule has 0 radical (unpaired) electrons. The molecular weight excluding hydrogens is 430 g/mol. The molecule has 0 aliphatic rings. The molecule has 0 saturated carbocycles. The van der Waals surface area contributed by atoms with Crippen molar-refractivity contribution in [3.05, 3.63) is 41.2 Å². The van der Waals surface area contributed by atoms with Crippen molar-refractivity contribution < 1.29 is 70.9 Å². The first-order valence-electron chi connectivity index (χ1n) is 5.71. The summed E-state index contributed by atoms with van der Waals surface area (Å²) in [7, 11) is 0. The molecule has 0 aliphatic carbocycles. The van der Waals surface area contributed by atoms with Crippen LogP contribution in [0.4, 0.5) is 61.5 Å². The Labute approximate surface area is 137 Å². The van der Waals surface area contributed by atoms with Gasteiger partial charge in [0.05, 0.1) is 0 Å². The summed E-state index contributed by atoms with van der Waals surface area (Å²) in [5.41, 5.74) is 0. The second-order valence-corrected chi connectivity index (χ2v) is 4.25. The Hall–Kier alpha value is -2.42. The van der Waals surface area contributed by atoms with Crippen LogP contribution in [0, 0.1) is 29.1 Å². The van der Waals surface area contributed by atoms with Crippen molar-refractivity contribution in [1.29, 1.82) is 0 Å². The molecule has 2 nitrogen and oxygen atoms in total. The Balaban J connectivity index is 3.64. The Morgan fingerprint density at radius 2 is 1.00 bits per heavy atom. The average molecular weight is 430 g/mol. The Bertz CT molecular complexity index is 736. The van der Waals surface area contributed by atoms with Crippen molar-refractivity contribution in [2.24, 2.45) is 0 Å². The monoisotopic (exact) mass is 430 g/mol. The lowest BCUT2D eigenvalue weighted by Gasteiger charge is -2.33. The van der Waals surface area contributed by atoms with E-state index < -0.39 is 65.1 Å². The van der Waals surface area contributed by atoms with Crippen molar-refractivity contribution in [2.75, 3.05) is 0 Å². The van der Waals surface area contributed by atoms with Gasteiger partial charge >= 0.3 is 30.2 Å². The van der Waals surface area contributed by atoms with E-state index >= 15 is 0 Å². The third-order valence-electron chi connectivity index (χ3n) is 2.52. The SMILES string of the molecule is FC(F)=C(F)OC(F)(F)C(F)(Oc1c(F)c(F)c(F)c(F)c1F)C(F)(F)F. The van der Waals surface area contributed by atoms with E-state index in [0.717, 1.165) is 0 Å². The molecular formula is C11F14O2. The van der Waals surface area contributed by atoms with Crippen LogP contribution in [0.3, 0.4) is 0 Å². The number of ether oxygens (including phenoxy) is 2. The minimum absolute atomic E-state index is 2.13. The molecule has 0 heterocycles. The van der Waals surface area contributed by atoms with E-state index in [0.29, 0.717) is 0 Å². The van der Waals surface area contributed by atoms with Gasteiger partial charge in [-0.1, -0.05) is 0 Å². The first-order valence-corrected chi connectivity index (χ1v) is 5.71. The Morgan fingerprint density at radius 1 is 0.630 bits per heavy atom. The highest BCUT2D eigenvalue weighted by molar-refractivity contribution is 5.30. The van der Waals surface area contributed by atoms with Gasteiger partial charge in [-0.05, 0) is 0 Å². The summed E-state index contributed by atoms with van der Waals surface area (Å²) in [5, 5.41) is 0. The van der Waals surface area contributed by atoms with Gasteiger partial charge in [0.15, 0.2) is 0 Å². The standard InChI is InChI=1S/C11F14O2/c12-1-2(13)4(15)6(5(16)3(1)14)26-9(20,10(21,22)23)11(24,25)27-8(19)7(17)18. The van der Waals surface area contributed by atoms with Crippen LogP contribution in [0.1, 0.15) is 0 Å². The number of rotatable bonds is 5. The maximum atomic E-state index is 13.8. The van der Waals surface area contributed by atoms with Gasteiger partial charge in [-0.25, -0.2) is 13.2 Å². The fourth-order valence-corrected chi connectivity index (χ4v) is 1.31. The zero-order valence-corrected chi connectivity index (χ0v) is 11.6. The van der Waals surface area contributed by atoms with Crippen molar-refractivity contribution in [2.45, 2.75) is 18.1 Å². The normalized spacial score (nSPS) is 14.6. The van der Waals surface area contributed by atoms with Crippen molar-refractivity contribution in [3.63, 3.8) is 0 Å². The van der Waals surface area contributed by atoms with Crippen LogP contribution in [-0.2, 0) is 4.74 Å². The molecule has 27 heavy (non-hydrogen) atoms. The summed E-state index contributed by atoms with van der Waals surface area (Å²) in [5.74, 6) is -25.8. The molecule has 1 rings (SSSR count). The van der Waals surface area contributed by atoms with E-state index in [2.05, 4.69) is 9.47 Å². The zero-order chi connectivity index (χ0) is 21.5. The highest BCUT2D eigenvalue weighted by Crippen LogP contribution is 2.49. The third-order valence-corrected chi connectivity index (χ3v) is 2.52. The molecule has 0 fully saturated rings. The van der Waals surface area contributed by atoms with Gasteiger partial charge in [0.2, 0.25) is 34.8 Å². The molecule has 1 aromatic rings. The number of benzene rings is 1. The number of hydrogen-bond donors (Lipinski definition) is 0. The van der Waals surface area contributed by atoms with Crippen molar-refractivity contribution in [1.82, 2.24) is 0 Å². The molecule has 0 N–H and O–H groups in total. The maximum Gasteiger partial charge on any atom is 0.483 e. The van der Waals surface area contributed by atoms with Crippen LogP contribution in [-0.4, -0.2) is 18.1 Å². The molecule has 154 valence electrons. The minimum Gasteiger partial charge on any atom is -0.436 e. The highest BCUT2D eigenvalue weighted by atomic mass is 19.4. The molecule has 0 spiro atoms. The summed E-state index contributed by atoms with van der Waals surface area (Å²) >= 11 is 0. The molecule has 16 heteroatoms. The van der Waals surface area contributed by atoms with Crippen LogP contribution in [0.5, 0.6) is 5.75 Å². The molecule has 0 aromatic heterocycles. The van der Waals surface area contributed by atoms with E-state index in [1.807, 2.05) is 0 Å². The molecule has 0 amide bonds. The largest absolute Gasteiger partial charge is 0.483 e. The van der Waals surface area contributed by atoms with E-state index in [9.17, 15) is 61.5 Å². The van der Waals surface area contributed by atoms with Gasteiger partial charge in [-0.3, -0.25) is 0 Å². The highest BCUT2D eigenvalue weighted by Gasteiger charge is 2.78. The number of halogens is 14. The zero-order valence-electron chi connectivity index (χ0n) is 11.6. The predicted octanol–water partition coefficient (Wildman–Crippen LogP) is 5.63. The average Bonchev–Trinajstić information content (AvgIpc) is 2.53. The topological polar surface area (TPSA) is 18.5 Å². The lowest BCUT2D eigenvalue weighted by molar-refractivity contribution is -0.434. The van der Waals surface area contributed by atoms with Crippen LogP contribution < -0.4 is 4.74 Å². The molecule has 1 atom stereocenters. The van der Waals surface area contributed by atoms with E-state index in [-0.39, 0.29) is 0 Å². The Kier molecular flexibility index (Phi) is 5.83. The van der Waals surface area contributed by atoms with Gasteiger partial charge in [0.1, 0.15) is 0 Å². The summed E-state index contributed by atoms with van der Waals surface area (Å²) < 4.78 is 183. The van der Waals surface area contributed by atoms with Crippen molar-refractivity contribution in [3.8, 4) is 5.75 Å². The molecule has 0 aliphatic heterocycles. The fraction of sp³-hybridized carbons (Fsp3) is 0.273. The van der Waals surface area contributed by atoms with E-state index in [1.165, 1.54) is 0 Å². The lowest BCUT2D eigenvalue weighted by atomic mass is 10.2. The van der Waals surface area contributed by atoms with Crippen LogP contribution in [0.25, 0.3) is 0 Å². The predicted molar refractivity (Wildman–Crippen MR) is 53.1 cm³/mol. The molecule has 0 saturated heterocycles. The van der Waals surface area contributed by atoms with Gasteiger partial charge in [0.25, 0.3) is 0 Å². The maximum absolute atomic E-state index is 13.8. The van der Waals surface area contributed by atoms with Gasteiger partial charge < -0.3 is 9.47 Å². The van der Waals surface area contributed by atoms with E-state index in [1.54, 1.807) is 0 Å². The second kappa shape index (κ2) is 6.95. The number of alkyl halides is 6. The lowest BCUT2D eigenvalue weighted by Crippen LogP contribution is -2.60. The quantitative estimate of drug-likeness (QED) is 0.261. The van der Waals surface area contributed by atoms with Gasteiger partial charge in [-0.15, -0.1) is 0 Å². The van der Waals surface area contributed by atoms with Crippen LogP contribution in [0.15, 0.2) is 12.1 Å². The van der Waals surface area contributed by atoms with Gasteiger partial charge in [0, 0.05) is 0 Å². The van der Waals surface area contributed by atoms with Crippen molar-refractivity contribution >= 4 is 0 Å². The number of hydrogen-bond acceptors (Lipinski definition) is 2. The van der Waals surface area contributed by atoms with Gasteiger partial charge in [-0.2, -0.15) is 48.3 Å².